The lowest BCUT2D eigenvalue weighted by Gasteiger charge is -2.58. The minimum atomic E-state index is -0.301. The van der Waals surface area contributed by atoms with Gasteiger partial charge in [0.1, 0.15) is 6.10 Å². The summed E-state index contributed by atoms with van der Waals surface area (Å²) in [6.07, 6.45) is 16.5. The van der Waals surface area contributed by atoms with Crippen molar-refractivity contribution in [1.29, 1.82) is 0 Å². The van der Waals surface area contributed by atoms with Gasteiger partial charge in [-0.15, -0.1) is 0 Å². The van der Waals surface area contributed by atoms with Gasteiger partial charge in [-0.25, -0.2) is 4.79 Å². The smallest absolute Gasteiger partial charge is 0.407 e. The highest BCUT2D eigenvalue weighted by molar-refractivity contribution is 7.80. The fraction of sp³-hybridized carbons (Fsp3) is 0.906. The van der Waals surface area contributed by atoms with E-state index in [-0.39, 0.29) is 12.2 Å². The van der Waals surface area contributed by atoms with Crippen LogP contribution in [0, 0.1) is 46.3 Å². The summed E-state index contributed by atoms with van der Waals surface area (Å²) < 4.78 is 11.2. The molecule has 4 aliphatic carbocycles. The Morgan fingerprint density at radius 2 is 1.89 bits per heavy atom. The molecular formula is C32H55NO3S. The number of carbonyl (C=O) groups excluding carboxylic acids is 1. The van der Waals surface area contributed by atoms with Gasteiger partial charge < -0.3 is 14.8 Å². The van der Waals surface area contributed by atoms with E-state index in [4.69, 9.17) is 9.47 Å². The molecule has 5 heteroatoms. The molecule has 0 saturated heterocycles. The number of amides is 1. The van der Waals surface area contributed by atoms with E-state index in [0.29, 0.717) is 36.3 Å². The number of thiol groups is 1. The van der Waals surface area contributed by atoms with Crippen LogP contribution >= 0.6 is 12.6 Å². The number of hydrogen-bond acceptors (Lipinski definition) is 4. The molecule has 0 spiro atoms. The van der Waals surface area contributed by atoms with Crippen LogP contribution in [-0.4, -0.2) is 37.7 Å². The second-order valence-corrected chi connectivity index (χ2v) is 14.3. The van der Waals surface area contributed by atoms with E-state index in [9.17, 15) is 4.79 Å². The SMILES string of the molecule is CC(C)CCC[C@@H](C)[C@H]1CC[C@H]2[C@@H]3CC=C4C[C@@H](OC(=O)NCCOCCS)CC[C@]4(C)[C@H]3CC[C@]12C. The molecule has 3 saturated carbocycles. The van der Waals surface area contributed by atoms with E-state index < -0.39 is 0 Å². The molecule has 0 aromatic rings. The highest BCUT2D eigenvalue weighted by Crippen LogP contribution is 2.67. The molecule has 0 unspecified atom stereocenters. The second kappa shape index (κ2) is 12.7. The molecule has 4 rings (SSSR count). The van der Waals surface area contributed by atoms with Crippen molar-refractivity contribution in [3.8, 4) is 0 Å². The number of hydrogen-bond donors (Lipinski definition) is 2. The van der Waals surface area contributed by atoms with Crippen molar-refractivity contribution < 1.29 is 14.3 Å². The fourth-order valence-electron chi connectivity index (χ4n) is 9.34. The molecule has 4 aliphatic rings. The normalized spacial score (nSPS) is 37.8. The molecule has 0 heterocycles. The van der Waals surface area contributed by atoms with E-state index in [1.54, 1.807) is 5.57 Å². The third-order valence-electron chi connectivity index (χ3n) is 11.3. The number of carbonyl (C=O) groups is 1. The third-order valence-corrected chi connectivity index (χ3v) is 11.5. The molecule has 0 aliphatic heterocycles. The van der Waals surface area contributed by atoms with Crippen molar-refractivity contribution in [2.75, 3.05) is 25.5 Å². The first kappa shape index (κ1) is 29.3. The van der Waals surface area contributed by atoms with Crippen LogP contribution in [0.15, 0.2) is 11.6 Å². The quantitative estimate of drug-likeness (QED) is 0.160. The number of ether oxygens (including phenoxy) is 2. The molecule has 3 fully saturated rings. The summed E-state index contributed by atoms with van der Waals surface area (Å²) in [6, 6.07) is 0. The summed E-state index contributed by atoms with van der Waals surface area (Å²) >= 11 is 4.13. The number of fused-ring (bicyclic) bond motifs is 5. The molecule has 0 bridgehead atoms. The Hall–Kier alpha value is -0.680. The number of allylic oxidation sites excluding steroid dienone is 1. The van der Waals surface area contributed by atoms with Gasteiger partial charge >= 0.3 is 6.09 Å². The van der Waals surface area contributed by atoms with Crippen molar-refractivity contribution in [2.45, 2.75) is 111 Å². The summed E-state index contributed by atoms with van der Waals surface area (Å²) in [5.41, 5.74) is 2.41. The average molecular weight is 534 g/mol. The maximum absolute atomic E-state index is 12.3. The Balaban J connectivity index is 1.34. The Kier molecular flexibility index (Phi) is 10.0. The van der Waals surface area contributed by atoms with Crippen LogP contribution in [0.3, 0.4) is 0 Å². The average Bonchev–Trinajstić information content (AvgIpc) is 3.21. The zero-order valence-electron chi connectivity index (χ0n) is 24.4. The minimum absolute atomic E-state index is 0.00522. The molecule has 8 atom stereocenters. The Morgan fingerprint density at radius 1 is 1.08 bits per heavy atom. The number of nitrogens with one attached hydrogen (secondary N) is 1. The van der Waals surface area contributed by atoms with Crippen molar-refractivity contribution in [3.05, 3.63) is 11.6 Å². The number of rotatable bonds is 11. The van der Waals surface area contributed by atoms with Crippen molar-refractivity contribution in [1.82, 2.24) is 5.32 Å². The third kappa shape index (κ3) is 6.39. The van der Waals surface area contributed by atoms with Crippen LogP contribution in [0.25, 0.3) is 0 Å². The molecule has 37 heavy (non-hydrogen) atoms. The van der Waals surface area contributed by atoms with Crippen LogP contribution in [0.4, 0.5) is 4.79 Å². The van der Waals surface area contributed by atoms with Crippen LogP contribution in [0.1, 0.15) is 105 Å². The lowest BCUT2D eigenvalue weighted by atomic mass is 9.47. The first-order chi connectivity index (χ1) is 17.7. The first-order valence-electron chi connectivity index (χ1n) is 15.5. The van der Waals surface area contributed by atoms with Gasteiger partial charge in [0.05, 0.1) is 13.2 Å². The zero-order chi connectivity index (χ0) is 26.6. The minimum Gasteiger partial charge on any atom is -0.446 e. The Labute approximate surface area is 232 Å². The van der Waals surface area contributed by atoms with E-state index in [2.05, 4.69) is 58.6 Å². The summed E-state index contributed by atoms with van der Waals surface area (Å²) in [6.45, 7) is 14.1. The molecule has 1 amide bonds. The maximum atomic E-state index is 12.3. The first-order valence-corrected chi connectivity index (χ1v) is 16.1. The van der Waals surface area contributed by atoms with Crippen molar-refractivity contribution in [2.24, 2.45) is 46.3 Å². The van der Waals surface area contributed by atoms with Gasteiger partial charge in [0.2, 0.25) is 0 Å². The van der Waals surface area contributed by atoms with Gasteiger partial charge in [0, 0.05) is 18.7 Å². The van der Waals surface area contributed by atoms with Crippen LogP contribution in [0.2, 0.25) is 0 Å². The second-order valence-electron chi connectivity index (χ2n) is 13.8. The zero-order valence-corrected chi connectivity index (χ0v) is 25.3. The predicted molar refractivity (Wildman–Crippen MR) is 156 cm³/mol. The Morgan fingerprint density at radius 3 is 2.65 bits per heavy atom. The monoisotopic (exact) mass is 533 g/mol. The lowest BCUT2D eigenvalue weighted by molar-refractivity contribution is -0.0581. The topological polar surface area (TPSA) is 47.6 Å². The van der Waals surface area contributed by atoms with Gasteiger partial charge in [-0.1, -0.05) is 65.5 Å². The molecule has 212 valence electrons. The lowest BCUT2D eigenvalue weighted by Crippen LogP contribution is -2.51. The largest absolute Gasteiger partial charge is 0.446 e. The molecule has 1 N–H and O–H groups in total. The summed E-state index contributed by atoms with van der Waals surface area (Å²) in [4.78, 5) is 12.3. The number of alkyl carbamates (subject to hydrolysis) is 1. The van der Waals surface area contributed by atoms with E-state index in [0.717, 1.165) is 54.8 Å². The van der Waals surface area contributed by atoms with Crippen molar-refractivity contribution in [3.63, 3.8) is 0 Å². The molecule has 0 aromatic heterocycles. The van der Waals surface area contributed by atoms with Crippen LogP contribution in [0.5, 0.6) is 0 Å². The highest BCUT2D eigenvalue weighted by Gasteiger charge is 2.59. The van der Waals surface area contributed by atoms with Gasteiger partial charge in [-0.05, 0) is 91.3 Å². The summed E-state index contributed by atoms with van der Waals surface area (Å²) in [7, 11) is 0. The maximum Gasteiger partial charge on any atom is 0.407 e. The Bertz CT molecular complexity index is 799. The fourth-order valence-corrected chi connectivity index (χ4v) is 9.47. The van der Waals surface area contributed by atoms with Crippen molar-refractivity contribution >= 4 is 18.7 Å². The van der Waals surface area contributed by atoms with E-state index in [1.165, 1.54) is 51.4 Å². The standard InChI is InChI=1S/C32H55NO3S/c1-22(2)7-6-8-23(3)27-11-12-28-26-10-9-24-21-25(36-30(34)33-17-18-35-19-20-37)13-15-31(24,4)29(26)14-16-32(27,28)5/h9,22-23,25-29,37H,6-8,10-21H2,1-5H3,(H,33,34)/t23-,25+,26+,27-,28+,29+,31+,32-/m1/s1. The molecule has 4 nitrogen and oxygen atoms in total. The molecular weight excluding hydrogens is 478 g/mol. The predicted octanol–water partition coefficient (Wildman–Crippen LogP) is 8.07. The van der Waals surface area contributed by atoms with E-state index >= 15 is 0 Å². The summed E-state index contributed by atoms with van der Waals surface area (Å²) in [5, 5.41) is 2.85. The van der Waals surface area contributed by atoms with E-state index in [1.807, 2.05) is 0 Å². The van der Waals surface area contributed by atoms with Gasteiger partial charge in [-0.3, -0.25) is 0 Å². The van der Waals surface area contributed by atoms with Gasteiger partial charge in [0.25, 0.3) is 0 Å². The van der Waals surface area contributed by atoms with Gasteiger partial charge in [-0.2, -0.15) is 12.6 Å². The van der Waals surface area contributed by atoms with Gasteiger partial charge in [0.15, 0.2) is 0 Å². The van der Waals surface area contributed by atoms with Crippen LogP contribution < -0.4 is 5.32 Å². The highest BCUT2D eigenvalue weighted by atomic mass is 32.1. The molecule has 0 aromatic carbocycles. The molecule has 0 radical (unpaired) electrons. The van der Waals surface area contributed by atoms with Crippen LogP contribution in [-0.2, 0) is 9.47 Å². The summed E-state index contributed by atoms with van der Waals surface area (Å²) in [5.74, 6) is 5.84.